The third-order valence-electron chi connectivity index (χ3n) is 5.42. The molecule has 0 bridgehead atoms. The largest absolute Gasteiger partial charge is 0.458 e. The Morgan fingerprint density at radius 2 is 1.94 bits per heavy atom. The van der Waals surface area contributed by atoms with E-state index in [1.807, 2.05) is 18.2 Å². The molecule has 2 aliphatic heterocycles. The molecule has 0 radical (unpaired) electrons. The van der Waals surface area contributed by atoms with Crippen LogP contribution in [0.25, 0.3) is 11.0 Å². The Hall–Kier alpha value is -4.01. The van der Waals surface area contributed by atoms with Crippen molar-refractivity contribution in [2.75, 3.05) is 13.3 Å². The quantitative estimate of drug-likeness (QED) is 0.612. The Bertz CT molecular complexity index is 1190. The Morgan fingerprint density at radius 3 is 2.77 bits per heavy atom. The van der Waals surface area contributed by atoms with Crippen LogP contribution in [0.4, 0.5) is 4.79 Å². The molecular weight excluding hydrogens is 402 g/mol. The van der Waals surface area contributed by atoms with Gasteiger partial charge in [-0.3, -0.25) is 14.5 Å². The molecule has 9 heteroatoms. The molecule has 0 saturated carbocycles. The first kappa shape index (κ1) is 19.0. The van der Waals surface area contributed by atoms with Crippen LogP contribution < -0.4 is 20.1 Å². The third-order valence-corrected chi connectivity index (χ3v) is 5.42. The molecule has 1 aromatic heterocycles. The second kappa shape index (κ2) is 7.05. The standard InChI is InChI=1S/C22H19N3O6/c1-22(18-9-14-4-2-3-5-15(14)31-18)20(27)25(21(28)24-22)11-19(26)23-10-13-6-7-16-17(8-13)30-12-29-16/h2-9H,10-12H2,1H3,(H,23,26)(H,24,28)/t22-/m0/s1. The molecule has 1 saturated heterocycles. The fraction of sp³-hybridized carbons (Fsp3) is 0.227. The number of benzene rings is 2. The Balaban J connectivity index is 1.26. The highest BCUT2D eigenvalue weighted by molar-refractivity contribution is 6.09. The maximum absolute atomic E-state index is 13.0. The van der Waals surface area contributed by atoms with Gasteiger partial charge in [0.25, 0.3) is 5.91 Å². The van der Waals surface area contributed by atoms with E-state index in [2.05, 4.69) is 10.6 Å². The lowest BCUT2D eigenvalue weighted by molar-refractivity contribution is -0.135. The van der Waals surface area contributed by atoms with Crippen molar-refractivity contribution < 1.29 is 28.3 Å². The number of nitrogens with zero attached hydrogens (tertiary/aromatic N) is 1. The molecule has 2 aliphatic rings. The van der Waals surface area contributed by atoms with Crippen LogP contribution in [0.15, 0.2) is 52.9 Å². The average molecular weight is 421 g/mol. The number of para-hydroxylation sites is 1. The molecule has 0 spiro atoms. The van der Waals surface area contributed by atoms with Gasteiger partial charge in [0.2, 0.25) is 12.7 Å². The van der Waals surface area contributed by atoms with Gasteiger partial charge in [-0.25, -0.2) is 4.79 Å². The molecule has 0 aliphatic carbocycles. The fourth-order valence-electron chi connectivity index (χ4n) is 3.69. The van der Waals surface area contributed by atoms with Crippen molar-refractivity contribution in [3.63, 3.8) is 0 Å². The minimum absolute atomic E-state index is 0.168. The molecule has 31 heavy (non-hydrogen) atoms. The van der Waals surface area contributed by atoms with E-state index in [4.69, 9.17) is 13.9 Å². The lowest BCUT2D eigenvalue weighted by atomic mass is 9.99. The lowest BCUT2D eigenvalue weighted by Crippen LogP contribution is -2.43. The first-order valence-electron chi connectivity index (χ1n) is 9.72. The summed E-state index contributed by atoms with van der Waals surface area (Å²) < 4.78 is 16.4. The topological polar surface area (TPSA) is 110 Å². The predicted octanol–water partition coefficient (Wildman–Crippen LogP) is 2.24. The molecule has 0 unspecified atom stereocenters. The van der Waals surface area contributed by atoms with Crippen molar-refractivity contribution in [1.29, 1.82) is 0 Å². The van der Waals surface area contributed by atoms with Crippen molar-refractivity contribution in [3.05, 3.63) is 59.9 Å². The Morgan fingerprint density at radius 1 is 1.13 bits per heavy atom. The van der Waals surface area contributed by atoms with E-state index in [-0.39, 0.29) is 13.3 Å². The molecule has 3 aromatic rings. The fourth-order valence-corrected chi connectivity index (χ4v) is 3.69. The van der Waals surface area contributed by atoms with E-state index in [0.29, 0.717) is 22.8 Å². The highest BCUT2D eigenvalue weighted by atomic mass is 16.7. The van der Waals surface area contributed by atoms with Crippen LogP contribution in [0.3, 0.4) is 0 Å². The predicted molar refractivity (Wildman–Crippen MR) is 108 cm³/mol. The summed E-state index contributed by atoms with van der Waals surface area (Å²) in [6.07, 6.45) is 0. The summed E-state index contributed by atoms with van der Waals surface area (Å²) >= 11 is 0. The number of carbonyl (C=O) groups excluding carboxylic acids is 3. The summed E-state index contributed by atoms with van der Waals surface area (Å²) in [5.41, 5.74) is 0.0378. The van der Waals surface area contributed by atoms with Gasteiger partial charge >= 0.3 is 6.03 Å². The summed E-state index contributed by atoms with van der Waals surface area (Å²) in [5, 5.41) is 6.18. The number of urea groups is 1. The first-order chi connectivity index (χ1) is 14.9. The Kier molecular flexibility index (Phi) is 4.32. The SMILES string of the molecule is C[C@@]1(c2cc3ccccc3o2)NC(=O)N(CC(=O)NCc2ccc3c(c2)OCO3)C1=O. The smallest absolute Gasteiger partial charge is 0.325 e. The molecule has 4 amide bonds. The van der Waals surface area contributed by atoms with Crippen LogP contribution >= 0.6 is 0 Å². The first-order valence-corrected chi connectivity index (χ1v) is 9.72. The number of rotatable bonds is 5. The Labute approximate surface area is 176 Å². The van der Waals surface area contributed by atoms with Crippen LogP contribution in [0.2, 0.25) is 0 Å². The van der Waals surface area contributed by atoms with E-state index in [0.717, 1.165) is 15.8 Å². The van der Waals surface area contributed by atoms with Crippen molar-refractivity contribution in [2.45, 2.75) is 19.0 Å². The maximum Gasteiger partial charge on any atom is 0.325 e. The molecule has 5 rings (SSSR count). The van der Waals surface area contributed by atoms with Gasteiger partial charge in [0.05, 0.1) is 0 Å². The molecule has 1 atom stereocenters. The molecule has 2 aromatic carbocycles. The highest BCUT2D eigenvalue weighted by Crippen LogP contribution is 2.33. The van der Waals surface area contributed by atoms with E-state index >= 15 is 0 Å². The average Bonchev–Trinajstić information content (AvgIpc) is 3.46. The van der Waals surface area contributed by atoms with Gasteiger partial charge < -0.3 is 24.5 Å². The zero-order chi connectivity index (χ0) is 21.6. The molecule has 1 fully saturated rings. The van der Waals surface area contributed by atoms with E-state index < -0.39 is 29.9 Å². The van der Waals surface area contributed by atoms with Gasteiger partial charge in [-0.1, -0.05) is 24.3 Å². The highest BCUT2D eigenvalue weighted by Gasteiger charge is 2.51. The van der Waals surface area contributed by atoms with Crippen molar-refractivity contribution in [3.8, 4) is 11.5 Å². The normalized spacial score (nSPS) is 19.7. The summed E-state index contributed by atoms with van der Waals surface area (Å²) in [6, 6.07) is 13.7. The summed E-state index contributed by atoms with van der Waals surface area (Å²) in [7, 11) is 0. The van der Waals surface area contributed by atoms with Gasteiger partial charge in [0.15, 0.2) is 17.0 Å². The lowest BCUT2D eigenvalue weighted by Gasteiger charge is -2.18. The molecule has 9 nitrogen and oxygen atoms in total. The summed E-state index contributed by atoms with van der Waals surface area (Å²) in [4.78, 5) is 38.8. The maximum atomic E-state index is 13.0. The van der Waals surface area contributed by atoms with Crippen molar-refractivity contribution >= 4 is 28.8 Å². The van der Waals surface area contributed by atoms with Gasteiger partial charge in [-0.15, -0.1) is 0 Å². The number of nitrogens with one attached hydrogen (secondary N) is 2. The number of hydrogen-bond donors (Lipinski definition) is 2. The summed E-state index contributed by atoms with van der Waals surface area (Å²) in [6.45, 7) is 1.56. The van der Waals surface area contributed by atoms with Crippen molar-refractivity contribution in [1.82, 2.24) is 15.5 Å². The zero-order valence-corrected chi connectivity index (χ0v) is 16.6. The molecule has 158 valence electrons. The third kappa shape index (κ3) is 3.24. The minimum atomic E-state index is -1.38. The van der Waals surface area contributed by atoms with Gasteiger partial charge in [0, 0.05) is 11.9 Å². The van der Waals surface area contributed by atoms with Crippen LogP contribution in [0.1, 0.15) is 18.2 Å². The van der Waals surface area contributed by atoms with E-state index in [1.165, 1.54) is 0 Å². The number of fused-ring (bicyclic) bond motifs is 2. The number of hydrogen-bond acceptors (Lipinski definition) is 6. The van der Waals surface area contributed by atoms with Crippen LogP contribution in [-0.4, -0.2) is 36.1 Å². The van der Waals surface area contributed by atoms with Crippen LogP contribution in [-0.2, 0) is 21.7 Å². The summed E-state index contributed by atoms with van der Waals surface area (Å²) in [5.74, 6) is 0.571. The van der Waals surface area contributed by atoms with Gasteiger partial charge in [-0.05, 0) is 36.8 Å². The van der Waals surface area contributed by atoms with Crippen LogP contribution in [0.5, 0.6) is 11.5 Å². The molecule has 3 heterocycles. The van der Waals surface area contributed by atoms with E-state index in [9.17, 15) is 14.4 Å². The van der Waals surface area contributed by atoms with Crippen LogP contribution in [0, 0.1) is 0 Å². The van der Waals surface area contributed by atoms with Crippen molar-refractivity contribution in [2.24, 2.45) is 0 Å². The monoisotopic (exact) mass is 421 g/mol. The number of imide groups is 1. The second-order valence-corrected chi connectivity index (χ2v) is 7.56. The molecule has 2 N–H and O–H groups in total. The minimum Gasteiger partial charge on any atom is -0.458 e. The zero-order valence-electron chi connectivity index (χ0n) is 16.6. The number of amides is 4. The molecular formula is C22H19N3O6. The number of ether oxygens (including phenoxy) is 2. The number of furan rings is 1. The van der Waals surface area contributed by atoms with Gasteiger partial charge in [-0.2, -0.15) is 0 Å². The second-order valence-electron chi connectivity index (χ2n) is 7.56. The van der Waals surface area contributed by atoms with E-state index in [1.54, 1.807) is 37.3 Å². The number of carbonyl (C=O) groups is 3. The van der Waals surface area contributed by atoms with Gasteiger partial charge in [0.1, 0.15) is 17.9 Å².